The van der Waals surface area contributed by atoms with E-state index in [0.717, 1.165) is 39.3 Å². The van der Waals surface area contributed by atoms with Crippen molar-refractivity contribution in [3.05, 3.63) is 0 Å². The molecule has 0 heterocycles. The van der Waals surface area contributed by atoms with Crippen molar-refractivity contribution in [1.29, 1.82) is 0 Å². The first-order chi connectivity index (χ1) is 7.69. The number of hydrogen-bond acceptors (Lipinski definition) is 4. The molecule has 0 spiro atoms. The molecule has 17 heavy (non-hydrogen) atoms. The van der Waals surface area contributed by atoms with Gasteiger partial charge in [0.2, 0.25) is 0 Å². The Morgan fingerprint density at radius 3 is 0.941 bits per heavy atom. The second kappa shape index (κ2) is 18.7. The van der Waals surface area contributed by atoms with Crippen molar-refractivity contribution in [3.8, 4) is 0 Å². The molecule has 5 heteroatoms. The first-order valence-corrected chi connectivity index (χ1v) is 6.36. The van der Waals surface area contributed by atoms with Gasteiger partial charge in [-0.05, 0) is 26.2 Å². The predicted molar refractivity (Wildman–Crippen MR) is 69.7 cm³/mol. The average Bonchev–Trinajstić information content (AvgIpc) is 2.33. The Labute approximate surface area is 117 Å². The van der Waals surface area contributed by atoms with Gasteiger partial charge in [-0.1, -0.05) is 27.7 Å². The molecule has 0 unspecified atom stereocenters. The quantitative estimate of drug-likeness (QED) is 0.646. The van der Waals surface area contributed by atoms with Gasteiger partial charge in [0.05, 0.1) is 13.2 Å². The molecule has 0 aliphatic heterocycles. The molecule has 0 bridgehead atoms. The maximum absolute atomic E-state index is 8.46. The molecule has 1 radical (unpaired) electrons. The summed E-state index contributed by atoms with van der Waals surface area (Å²) in [6.07, 6.45) is 0. The van der Waals surface area contributed by atoms with E-state index in [0.29, 0.717) is 0 Å². The Hall–Kier alpha value is 0.359. The second-order valence-electron chi connectivity index (χ2n) is 3.50. The van der Waals surface area contributed by atoms with Crippen LogP contribution in [0.2, 0.25) is 0 Å². The van der Waals surface area contributed by atoms with Crippen LogP contribution in [0.15, 0.2) is 0 Å². The number of hydrogen-bond donors (Lipinski definition) is 2. The van der Waals surface area contributed by atoms with Gasteiger partial charge in [0.15, 0.2) is 0 Å². The van der Waals surface area contributed by atoms with Crippen LogP contribution < -0.4 is 0 Å². The van der Waals surface area contributed by atoms with Crippen LogP contribution in [0.3, 0.4) is 0 Å². The number of likely N-dealkylation sites (N-methyl/N-ethyl adjacent to an activating group) is 2. The van der Waals surface area contributed by atoms with E-state index in [1.165, 1.54) is 0 Å². The van der Waals surface area contributed by atoms with Gasteiger partial charge in [-0.2, -0.15) is 0 Å². The molecule has 0 amide bonds. The van der Waals surface area contributed by atoms with Crippen molar-refractivity contribution in [3.63, 3.8) is 0 Å². The van der Waals surface area contributed by atoms with Gasteiger partial charge in [-0.25, -0.2) is 0 Å². The molecule has 0 aromatic rings. The van der Waals surface area contributed by atoms with Crippen molar-refractivity contribution in [2.45, 2.75) is 27.7 Å². The molecule has 0 saturated heterocycles. The summed E-state index contributed by atoms with van der Waals surface area (Å²) in [5.74, 6) is 0. The molecule has 0 aromatic carbocycles. The summed E-state index contributed by atoms with van der Waals surface area (Å²) in [6.45, 7) is 14.7. The number of aliphatic hydroxyl groups excluding tert-OH is 2. The zero-order valence-corrected chi connectivity index (χ0v) is 12.7. The Morgan fingerprint density at radius 1 is 0.647 bits per heavy atom. The van der Waals surface area contributed by atoms with Crippen molar-refractivity contribution < 1.29 is 27.3 Å². The van der Waals surface area contributed by atoms with Crippen molar-refractivity contribution in [1.82, 2.24) is 9.80 Å². The van der Waals surface area contributed by atoms with Crippen molar-refractivity contribution >= 4 is 0 Å². The largest absolute Gasteiger partial charge is 0.395 e. The summed E-state index contributed by atoms with van der Waals surface area (Å²) in [5, 5.41) is 16.9. The molecule has 0 aromatic heterocycles. The third-order valence-electron chi connectivity index (χ3n) is 2.62. The van der Waals surface area contributed by atoms with Gasteiger partial charge in [0.25, 0.3) is 0 Å². The molecule has 0 aliphatic rings. The van der Waals surface area contributed by atoms with E-state index >= 15 is 0 Å². The zero-order valence-electron chi connectivity index (χ0n) is 11.7. The molecular weight excluding hydrogens is 268 g/mol. The maximum atomic E-state index is 8.46. The van der Waals surface area contributed by atoms with Crippen molar-refractivity contribution in [2.75, 3.05) is 52.5 Å². The minimum Gasteiger partial charge on any atom is -0.395 e. The summed E-state index contributed by atoms with van der Waals surface area (Å²) in [5.41, 5.74) is 0. The average molecular weight is 298 g/mol. The van der Waals surface area contributed by atoms with E-state index in [-0.39, 0.29) is 30.3 Å². The maximum Gasteiger partial charge on any atom is 0.0558 e. The molecule has 0 aliphatic carbocycles. The van der Waals surface area contributed by atoms with Gasteiger partial charge < -0.3 is 20.0 Å². The van der Waals surface area contributed by atoms with Gasteiger partial charge in [-0.15, -0.1) is 0 Å². The van der Waals surface area contributed by atoms with Gasteiger partial charge in [0, 0.05) is 30.2 Å². The van der Waals surface area contributed by atoms with Crippen LogP contribution in [0, 0.1) is 0 Å². The fourth-order valence-corrected chi connectivity index (χ4v) is 1.36. The Morgan fingerprint density at radius 2 is 0.882 bits per heavy atom. The van der Waals surface area contributed by atoms with Crippen LogP contribution in [0.5, 0.6) is 0 Å². The summed E-state index contributed by atoms with van der Waals surface area (Å²) in [4.78, 5) is 4.36. The Kier molecular flexibility index (Phi) is 24.8. The van der Waals surface area contributed by atoms with Crippen LogP contribution in [0.4, 0.5) is 0 Å². The predicted octanol–water partition coefficient (Wildman–Crippen LogP) is 0.639. The first-order valence-electron chi connectivity index (χ1n) is 6.36. The van der Waals surface area contributed by atoms with Crippen LogP contribution in [0.1, 0.15) is 27.7 Å². The van der Waals surface area contributed by atoms with Crippen LogP contribution in [-0.2, 0) is 17.1 Å². The standard InChI is InChI=1S/2C6H15NO.Cu/c2*1-3-7(4-2)5-6-8;/h2*8H,3-6H2,1-2H3;. The zero-order chi connectivity index (χ0) is 12.8. The summed E-state index contributed by atoms with van der Waals surface area (Å²) >= 11 is 0. The van der Waals surface area contributed by atoms with E-state index < -0.39 is 0 Å². The molecular formula is C12H30CuN2O2. The molecule has 0 saturated carbocycles. The smallest absolute Gasteiger partial charge is 0.0558 e. The number of nitrogens with zero attached hydrogens (tertiary/aromatic N) is 2. The monoisotopic (exact) mass is 297 g/mol. The topological polar surface area (TPSA) is 46.9 Å². The third-order valence-corrected chi connectivity index (χ3v) is 2.62. The normalized spacial score (nSPS) is 9.88. The van der Waals surface area contributed by atoms with E-state index in [1.54, 1.807) is 0 Å². The van der Waals surface area contributed by atoms with Crippen LogP contribution in [0.25, 0.3) is 0 Å². The fraction of sp³-hybridized carbons (Fsp3) is 1.00. The molecule has 0 rings (SSSR count). The Bertz CT molecular complexity index is 107. The molecule has 111 valence electrons. The van der Waals surface area contributed by atoms with Crippen LogP contribution >= 0.6 is 0 Å². The molecule has 0 fully saturated rings. The SMILES string of the molecule is CCN(CC)CCO.CCN(CC)CCO.[Cu]. The second-order valence-corrected chi connectivity index (χ2v) is 3.50. The fourth-order valence-electron chi connectivity index (χ4n) is 1.36. The minimum absolute atomic E-state index is 0. The summed E-state index contributed by atoms with van der Waals surface area (Å²) in [6, 6.07) is 0. The van der Waals surface area contributed by atoms with Crippen molar-refractivity contribution in [2.24, 2.45) is 0 Å². The number of aliphatic hydroxyl groups is 2. The molecule has 2 N–H and O–H groups in total. The van der Waals surface area contributed by atoms with E-state index in [9.17, 15) is 0 Å². The summed E-state index contributed by atoms with van der Waals surface area (Å²) < 4.78 is 0. The minimum atomic E-state index is 0. The third kappa shape index (κ3) is 16.4. The molecule has 4 nitrogen and oxygen atoms in total. The Balaban J connectivity index is -0.000000218. The van der Waals surface area contributed by atoms with E-state index in [1.807, 2.05) is 0 Å². The molecule has 0 atom stereocenters. The number of rotatable bonds is 8. The first kappa shape index (κ1) is 22.5. The van der Waals surface area contributed by atoms with Crippen LogP contribution in [-0.4, -0.2) is 72.5 Å². The van der Waals surface area contributed by atoms with E-state index in [4.69, 9.17) is 10.2 Å². The van der Waals surface area contributed by atoms with Gasteiger partial charge in [0.1, 0.15) is 0 Å². The summed E-state index contributed by atoms with van der Waals surface area (Å²) in [7, 11) is 0. The van der Waals surface area contributed by atoms with Gasteiger partial charge >= 0.3 is 0 Å². The van der Waals surface area contributed by atoms with Gasteiger partial charge in [-0.3, -0.25) is 0 Å². The van der Waals surface area contributed by atoms with E-state index in [2.05, 4.69) is 37.5 Å².